The number of benzene rings is 2. The minimum absolute atomic E-state index is 0.0295. The highest BCUT2D eigenvalue weighted by molar-refractivity contribution is 7.78. The van der Waals surface area contributed by atoms with Crippen molar-refractivity contribution in [3.8, 4) is 0 Å². The van der Waals surface area contributed by atoms with E-state index in [1.54, 1.807) is 48.7 Å². The Morgan fingerprint density at radius 3 is 2.24 bits per heavy atom. The number of nitrogens with two attached hydrogens (primary N) is 1. The van der Waals surface area contributed by atoms with Crippen molar-refractivity contribution in [2.75, 3.05) is 0 Å². The largest absolute Gasteiger partial charge is 0.368 e. The number of aliphatic hydroxyl groups is 2. The van der Waals surface area contributed by atoms with E-state index in [0.29, 0.717) is 28.6 Å². The van der Waals surface area contributed by atoms with Gasteiger partial charge in [0.2, 0.25) is 0 Å². The summed E-state index contributed by atoms with van der Waals surface area (Å²) in [5.74, 6) is -1.42. The molecule has 4 rings (SSSR count). The van der Waals surface area contributed by atoms with Crippen LogP contribution in [0.4, 0.5) is 4.39 Å². The topological polar surface area (TPSA) is 156 Å². The zero-order chi connectivity index (χ0) is 26.7. The monoisotopic (exact) mass is 525 g/mol. The first-order valence-corrected chi connectivity index (χ1v) is 12.5. The zero-order valence-corrected chi connectivity index (χ0v) is 20.3. The summed E-state index contributed by atoms with van der Waals surface area (Å²) in [4.78, 5) is 30.3. The highest BCUT2D eigenvalue weighted by atomic mass is 32.2. The van der Waals surface area contributed by atoms with Gasteiger partial charge in [-0.05, 0) is 46.9 Å². The standard InChI is InChI=1S/C26H24FN3O6S/c27-19-7-5-15(6-8-19)9-18-10-21-24(29-12-18)20(11-22(31)32)23(25(28)33)26(34)30(21)13-16-1-3-17(4-2-16)14-37(35)36/h1-8,10,12,22,31-32H,9,11,13-14H2,(H2,28,33)(H,35,36). The Morgan fingerprint density at radius 2 is 1.65 bits per heavy atom. The Morgan fingerprint density at radius 1 is 1.03 bits per heavy atom. The number of halogens is 1. The van der Waals surface area contributed by atoms with Gasteiger partial charge in [-0.25, -0.2) is 8.60 Å². The van der Waals surface area contributed by atoms with E-state index in [2.05, 4.69) is 4.98 Å². The van der Waals surface area contributed by atoms with Gasteiger partial charge in [0.25, 0.3) is 11.5 Å². The lowest BCUT2D eigenvalue weighted by atomic mass is 10.00. The minimum Gasteiger partial charge on any atom is -0.368 e. The van der Waals surface area contributed by atoms with Gasteiger partial charge in [-0.2, -0.15) is 0 Å². The van der Waals surface area contributed by atoms with Crippen molar-refractivity contribution >= 4 is 28.0 Å². The van der Waals surface area contributed by atoms with Gasteiger partial charge in [-0.3, -0.25) is 14.6 Å². The van der Waals surface area contributed by atoms with E-state index in [0.717, 1.165) is 5.56 Å². The number of pyridine rings is 2. The van der Waals surface area contributed by atoms with E-state index in [1.165, 1.54) is 16.7 Å². The SMILES string of the molecule is NC(=O)c1c(CC(O)O)c2ncc(Cc3ccc(F)cc3)cc2n(Cc2ccc(CS(=O)O)cc2)c1=O. The molecule has 37 heavy (non-hydrogen) atoms. The summed E-state index contributed by atoms with van der Waals surface area (Å²) in [5, 5.41) is 19.2. The molecule has 0 aliphatic heterocycles. The molecule has 0 radical (unpaired) electrons. The number of amides is 1. The van der Waals surface area contributed by atoms with Crippen LogP contribution in [0, 0.1) is 5.82 Å². The lowest BCUT2D eigenvalue weighted by molar-refractivity contribution is -0.0380. The highest BCUT2D eigenvalue weighted by Crippen LogP contribution is 2.23. The van der Waals surface area contributed by atoms with Gasteiger partial charge in [0.05, 0.1) is 23.3 Å². The normalized spacial score (nSPS) is 12.2. The lowest BCUT2D eigenvalue weighted by Crippen LogP contribution is -2.33. The molecule has 0 saturated carbocycles. The van der Waals surface area contributed by atoms with Crippen LogP contribution in [-0.4, -0.2) is 40.7 Å². The molecule has 4 aromatic rings. The first-order chi connectivity index (χ1) is 17.6. The Balaban J connectivity index is 1.87. The molecule has 0 spiro atoms. The summed E-state index contributed by atoms with van der Waals surface area (Å²) in [6.07, 6.45) is -0.341. The Kier molecular flexibility index (Phi) is 7.89. The summed E-state index contributed by atoms with van der Waals surface area (Å²) < 4.78 is 34.8. The third-order valence-electron chi connectivity index (χ3n) is 5.87. The highest BCUT2D eigenvalue weighted by Gasteiger charge is 2.23. The van der Waals surface area contributed by atoms with Crippen LogP contribution >= 0.6 is 0 Å². The number of rotatable bonds is 9. The zero-order valence-electron chi connectivity index (χ0n) is 19.5. The molecule has 0 saturated heterocycles. The average molecular weight is 526 g/mol. The number of aromatic nitrogens is 2. The summed E-state index contributed by atoms with van der Waals surface area (Å²) >= 11 is -2.00. The molecule has 11 heteroatoms. The lowest BCUT2D eigenvalue weighted by Gasteiger charge is -2.18. The molecule has 1 unspecified atom stereocenters. The number of carbonyl (C=O) groups excluding carboxylic acids is 1. The first kappa shape index (κ1) is 26.3. The van der Waals surface area contributed by atoms with Gasteiger partial charge in [-0.1, -0.05) is 36.4 Å². The summed E-state index contributed by atoms with van der Waals surface area (Å²) in [5.41, 5.74) is 7.86. The van der Waals surface area contributed by atoms with Crippen molar-refractivity contribution in [3.63, 3.8) is 0 Å². The molecular formula is C26H24FN3O6S. The van der Waals surface area contributed by atoms with Crippen LogP contribution in [0.15, 0.2) is 65.6 Å². The predicted molar refractivity (Wildman–Crippen MR) is 136 cm³/mol. The van der Waals surface area contributed by atoms with Gasteiger partial charge < -0.3 is 25.1 Å². The van der Waals surface area contributed by atoms with Crippen molar-refractivity contribution in [3.05, 3.63) is 110 Å². The number of primary amides is 1. The van der Waals surface area contributed by atoms with Crippen LogP contribution in [0.25, 0.3) is 11.0 Å². The van der Waals surface area contributed by atoms with Crippen molar-refractivity contribution in [1.82, 2.24) is 9.55 Å². The molecule has 0 aliphatic rings. The van der Waals surface area contributed by atoms with Crippen molar-refractivity contribution < 1.29 is 28.2 Å². The predicted octanol–water partition coefficient (Wildman–Crippen LogP) is 1.85. The molecule has 0 aliphatic carbocycles. The third kappa shape index (κ3) is 6.15. The molecule has 2 aromatic heterocycles. The molecule has 192 valence electrons. The fourth-order valence-electron chi connectivity index (χ4n) is 4.22. The first-order valence-electron chi connectivity index (χ1n) is 11.2. The molecule has 9 nitrogen and oxygen atoms in total. The Hall–Kier alpha value is -3.77. The van der Waals surface area contributed by atoms with E-state index in [-0.39, 0.29) is 34.8 Å². The quantitative estimate of drug-likeness (QED) is 0.192. The smallest absolute Gasteiger partial charge is 0.264 e. The van der Waals surface area contributed by atoms with E-state index in [9.17, 15) is 28.4 Å². The number of hydrogen-bond donors (Lipinski definition) is 4. The van der Waals surface area contributed by atoms with Gasteiger partial charge in [0, 0.05) is 18.2 Å². The van der Waals surface area contributed by atoms with E-state index < -0.39 is 35.3 Å². The molecule has 1 amide bonds. The average Bonchev–Trinajstić information content (AvgIpc) is 2.83. The summed E-state index contributed by atoms with van der Waals surface area (Å²) in [7, 11) is 0. The van der Waals surface area contributed by atoms with Crippen LogP contribution in [0.1, 0.15) is 38.2 Å². The van der Waals surface area contributed by atoms with Crippen LogP contribution in [-0.2, 0) is 36.2 Å². The number of nitrogens with zero attached hydrogens (tertiary/aromatic N) is 2. The van der Waals surface area contributed by atoms with Crippen molar-refractivity contribution in [2.24, 2.45) is 5.73 Å². The van der Waals surface area contributed by atoms with Crippen LogP contribution in [0.3, 0.4) is 0 Å². The van der Waals surface area contributed by atoms with Gasteiger partial charge in [0.15, 0.2) is 17.4 Å². The fraction of sp³-hybridized carbons (Fsp3) is 0.192. The summed E-state index contributed by atoms with van der Waals surface area (Å²) in [6, 6.07) is 14.4. The number of fused-ring (bicyclic) bond motifs is 1. The van der Waals surface area contributed by atoms with Gasteiger partial charge in [0.1, 0.15) is 11.4 Å². The van der Waals surface area contributed by atoms with Crippen LogP contribution in [0.5, 0.6) is 0 Å². The number of aliphatic hydroxyl groups excluding tert-OH is 1. The van der Waals surface area contributed by atoms with Crippen LogP contribution in [0.2, 0.25) is 0 Å². The Labute approximate surface area is 213 Å². The van der Waals surface area contributed by atoms with Crippen molar-refractivity contribution in [1.29, 1.82) is 0 Å². The molecule has 0 fully saturated rings. The van der Waals surface area contributed by atoms with Crippen molar-refractivity contribution in [2.45, 2.75) is 31.4 Å². The maximum absolute atomic E-state index is 13.5. The molecule has 5 N–H and O–H groups in total. The summed E-state index contributed by atoms with van der Waals surface area (Å²) in [6.45, 7) is 0.0295. The fourth-order valence-corrected chi connectivity index (χ4v) is 4.70. The molecule has 2 heterocycles. The number of carbonyl (C=O) groups is 1. The Bertz CT molecular complexity index is 1540. The molecule has 2 aromatic carbocycles. The maximum atomic E-state index is 13.5. The second-order valence-corrected chi connectivity index (χ2v) is 9.52. The second-order valence-electron chi connectivity index (χ2n) is 8.59. The third-order valence-corrected chi connectivity index (χ3v) is 6.45. The van der Waals surface area contributed by atoms with Gasteiger partial charge in [-0.15, -0.1) is 0 Å². The van der Waals surface area contributed by atoms with Gasteiger partial charge >= 0.3 is 0 Å². The maximum Gasteiger partial charge on any atom is 0.264 e. The minimum atomic E-state index is -2.00. The van der Waals surface area contributed by atoms with E-state index in [4.69, 9.17) is 10.3 Å². The van der Waals surface area contributed by atoms with Crippen LogP contribution < -0.4 is 11.3 Å². The molecule has 1 atom stereocenters. The molecule has 0 bridgehead atoms. The number of hydrogen-bond acceptors (Lipinski definition) is 6. The van der Waals surface area contributed by atoms with E-state index in [1.807, 2.05) is 0 Å². The molecular weight excluding hydrogens is 501 g/mol. The second kappa shape index (κ2) is 11.1. The van der Waals surface area contributed by atoms with E-state index >= 15 is 0 Å².